The van der Waals surface area contributed by atoms with Crippen molar-refractivity contribution >= 4 is 11.6 Å². The Balaban J connectivity index is 2.23. The molecule has 0 aliphatic carbocycles. The van der Waals surface area contributed by atoms with Crippen molar-refractivity contribution in [3.63, 3.8) is 0 Å². The van der Waals surface area contributed by atoms with Gasteiger partial charge in [-0.05, 0) is 29.7 Å². The molecule has 1 aliphatic rings. The summed E-state index contributed by atoms with van der Waals surface area (Å²) in [6.45, 7) is 3.46. The molecular weight excluding hydrogens is 210 g/mol. The fourth-order valence-electron chi connectivity index (χ4n) is 1.85. The summed E-state index contributed by atoms with van der Waals surface area (Å²) in [5.74, 6) is 0.352. The molecule has 80 valence electrons. The van der Waals surface area contributed by atoms with E-state index in [1.165, 1.54) is 5.56 Å². The minimum absolute atomic E-state index is 0.352. The number of hydrogen-bond acceptors (Lipinski definition) is 2. The number of aliphatic hydroxyl groups excluding tert-OH is 1. The maximum Gasteiger partial charge on any atom is 0.183 e. The molecule has 0 atom stereocenters. The molecule has 0 spiro atoms. The van der Waals surface area contributed by atoms with Gasteiger partial charge in [-0.25, -0.2) is 0 Å². The Morgan fingerprint density at radius 2 is 2.33 bits per heavy atom. The van der Waals surface area contributed by atoms with Crippen molar-refractivity contribution in [1.82, 2.24) is 4.90 Å². The molecule has 3 heteroatoms. The first-order valence-electron chi connectivity index (χ1n) is 5.12. The summed E-state index contributed by atoms with van der Waals surface area (Å²) in [5, 5.41) is 10.5. The smallest absolute Gasteiger partial charge is 0.183 e. The molecule has 0 aromatic heterocycles. The minimum atomic E-state index is 0.352. The lowest BCUT2D eigenvalue weighted by atomic mass is 10.1. The van der Waals surface area contributed by atoms with Crippen molar-refractivity contribution in [2.24, 2.45) is 0 Å². The van der Waals surface area contributed by atoms with E-state index in [4.69, 9.17) is 11.6 Å². The third-order valence-corrected chi connectivity index (χ3v) is 2.99. The molecule has 2 nitrogen and oxygen atoms in total. The first-order chi connectivity index (χ1) is 7.22. The summed E-state index contributed by atoms with van der Waals surface area (Å²) in [6.07, 6.45) is 2.66. The van der Waals surface area contributed by atoms with Crippen LogP contribution in [-0.2, 0) is 13.1 Å². The number of aliphatic hydroxyl groups is 1. The van der Waals surface area contributed by atoms with Gasteiger partial charge >= 0.3 is 0 Å². The Kier molecular flexibility index (Phi) is 2.87. The van der Waals surface area contributed by atoms with E-state index in [-0.39, 0.29) is 0 Å². The van der Waals surface area contributed by atoms with Crippen LogP contribution in [0, 0.1) is 0 Å². The van der Waals surface area contributed by atoms with Crippen LogP contribution >= 0.6 is 11.6 Å². The van der Waals surface area contributed by atoms with Crippen LogP contribution in [0.25, 0.3) is 0 Å². The molecule has 0 fully saturated rings. The lowest BCUT2D eigenvalue weighted by molar-refractivity contribution is 0.201. The molecule has 1 N–H and O–H groups in total. The molecular formula is C12H14ClNO. The summed E-state index contributed by atoms with van der Waals surface area (Å²) in [5.41, 5.74) is 2.34. The molecule has 2 rings (SSSR count). The fourth-order valence-corrected chi connectivity index (χ4v) is 2.11. The summed E-state index contributed by atoms with van der Waals surface area (Å²) in [4.78, 5) is 1.93. The Morgan fingerprint density at radius 1 is 1.53 bits per heavy atom. The van der Waals surface area contributed by atoms with Crippen molar-refractivity contribution < 1.29 is 5.11 Å². The first kappa shape index (κ1) is 10.4. The topological polar surface area (TPSA) is 23.5 Å². The quantitative estimate of drug-likeness (QED) is 0.777. The van der Waals surface area contributed by atoms with Gasteiger partial charge in [0, 0.05) is 18.1 Å². The maximum atomic E-state index is 9.76. The lowest BCUT2D eigenvalue weighted by Gasteiger charge is -2.15. The number of halogens is 1. The third kappa shape index (κ3) is 1.95. The molecule has 0 radical (unpaired) electrons. The number of nitrogens with zero attached hydrogens (tertiary/aromatic N) is 1. The van der Waals surface area contributed by atoms with E-state index in [1.54, 1.807) is 0 Å². The average Bonchev–Trinajstić information content (AvgIpc) is 2.63. The van der Waals surface area contributed by atoms with Crippen molar-refractivity contribution in [3.05, 3.63) is 46.3 Å². The van der Waals surface area contributed by atoms with Crippen LogP contribution in [-0.4, -0.2) is 10.0 Å². The van der Waals surface area contributed by atoms with Gasteiger partial charge in [-0.3, -0.25) is 0 Å². The number of rotatable bonds is 2. The second kappa shape index (κ2) is 4.15. The Bertz CT molecular complexity index is 401. The van der Waals surface area contributed by atoms with E-state index in [1.807, 2.05) is 30.0 Å². The molecule has 1 aromatic rings. The van der Waals surface area contributed by atoms with Gasteiger partial charge in [-0.15, -0.1) is 0 Å². The molecule has 1 aliphatic heterocycles. The van der Waals surface area contributed by atoms with Gasteiger partial charge in [0.25, 0.3) is 0 Å². The zero-order valence-electron chi connectivity index (χ0n) is 8.70. The highest BCUT2D eigenvalue weighted by atomic mass is 35.5. The standard InChI is InChI=1S/C12H14ClNO/c1-2-4-12(15)14-7-9-5-3-6-11(13)10(9)8-14/h3-6,15H,2,7-8H2,1H3/b12-4-. The highest BCUT2D eigenvalue weighted by Gasteiger charge is 2.21. The highest BCUT2D eigenvalue weighted by molar-refractivity contribution is 6.31. The molecule has 1 heterocycles. The highest BCUT2D eigenvalue weighted by Crippen LogP contribution is 2.30. The van der Waals surface area contributed by atoms with E-state index >= 15 is 0 Å². The van der Waals surface area contributed by atoms with Gasteiger partial charge in [-0.2, -0.15) is 0 Å². The summed E-state index contributed by atoms with van der Waals surface area (Å²) < 4.78 is 0. The Labute approximate surface area is 94.8 Å². The number of benzene rings is 1. The summed E-state index contributed by atoms with van der Waals surface area (Å²) in [7, 11) is 0. The zero-order chi connectivity index (χ0) is 10.8. The second-order valence-electron chi connectivity index (χ2n) is 3.70. The van der Waals surface area contributed by atoms with Gasteiger partial charge in [-0.1, -0.05) is 30.7 Å². The largest absolute Gasteiger partial charge is 0.495 e. The van der Waals surface area contributed by atoms with Crippen molar-refractivity contribution in [2.45, 2.75) is 26.4 Å². The van der Waals surface area contributed by atoms with E-state index < -0.39 is 0 Å². The molecule has 0 saturated carbocycles. The van der Waals surface area contributed by atoms with Crippen molar-refractivity contribution in [3.8, 4) is 0 Å². The van der Waals surface area contributed by atoms with Crippen LogP contribution in [0.15, 0.2) is 30.2 Å². The van der Waals surface area contributed by atoms with Crippen LogP contribution in [0.4, 0.5) is 0 Å². The second-order valence-corrected chi connectivity index (χ2v) is 4.11. The normalized spacial score (nSPS) is 15.6. The molecule has 1 aromatic carbocycles. The Morgan fingerprint density at radius 3 is 3.00 bits per heavy atom. The predicted molar refractivity (Wildman–Crippen MR) is 61.7 cm³/mol. The summed E-state index contributed by atoms with van der Waals surface area (Å²) >= 11 is 6.09. The van der Waals surface area contributed by atoms with E-state index in [2.05, 4.69) is 6.07 Å². The minimum Gasteiger partial charge on any atom is -0.495 e. The van der Waals surface area contributed by atoms with Crippen molar-refractivity contribution in [2.75, 3.05) is 0 Å². The van der Waals surface area contributed by atoms with Gasteiger partial charge in [0.2, 0.25) is 0 Å². The number of allylic oxidation sites excluding steroid dienone is 1. The van der Waals surface area contributed by atoms with Gasteiger partial charge < -0.3 is 10.0 Å². The third-order valence-electron chi connectivity index (χ3n) is 2.64. The van der Waals surface area contributed by atoms with Crippen LogP contribution in [0.2, 0.25) is 5.02 Å². The van der Waals surface area contributed by atoms with Crippen LogP contribution < -0.4 is 0 Å². The number of fused-ring (bicyclic) bond motifs is 1. The van der Waals surface area contributed by atoms with Crippen LogP contribution in [0.3, 0.4) is 0 Å². The van der Waals surface area contributed by atoms with E-state index in [0.717, 1.165) is 23.6 Å². The fraction of sp³-hybridized carbons (Fsp3) is 0.333. The average molecular weight is 224 g/mol. The van der Waals surface area contributed by atoms with Gasteiger partial charge in [0.15, 0.2) is 5.88 Å². The van der Waals surface area contributed by atoms with Crippen LogP contribution in [0.5, 0.6) is 0 Å². The van der Waals surface area contributed by atoms with Crippen LogP contribution in [0.1, 0.15) is 24.5 Å². The summed E-state index contributed by atoms with van der Waals surface area (Å²) in [6, 6.07) is 5.90. The van der Waals surface area contributed by atoms with Gasteiger partial charge in [0.05, 0.1) is 0 Å². The molecule has 0 amide bonds. The maximum absolute atomic E-state index is 9.76. The predicted octanol–water partition coefficient (Wildman–Crippen LogP) is 3.47. The molecule has 0 bridgehead atoms. The Hall–Kier alpha value is -1.15. The van der Waals surface area contributed by atoms with Gasteiger partial charge in [0.1, 0.15) is 0 Å². The van der Waals surface area contributed by atoms with E-state index in [9.17, 15) is 5.11 Å². The van der Waals surface area contributed by atoms with E-state index in [0.29, 0.717) is 12.4 Å². The zero-order valence-corrected chi connectivity index (χ0v) is 9.46. The van der Waals surface area contributed by atoms with Crippen molar-refractivity contribution in [1.29, 1.82) is 0 Å². The molecule has 0 unspecified atom stereocenters. The first-order valence-corrected chi connectivity index (χ1v) is 5.50. The number of hydrogen-bond donors (Lipinski definition) is 1. The SMILES string of the molecule is CC/C=C(\O)N1Cc2cccc(Cl)c2C1. The lowest BCUT2D eigenvalue weighted by Crippen LogP contribution is -2.15. The molecule has 15 heavy (non-hydrogen) atoms. The molecule has 0 saturated heterocycles. The monoisotopic (exact) mass is 223 g/mol.